The Balaban J connectivity index is 2.10. The summed E-state index contributed by atoms with van der Waals surface area (Å²) in [5.41, 5.74) is 0.0611. The molecule has 0 aliphatic rings. The number of rotatable bonds is 6. The van der Waals surface area contributed by atoms with Crippen molar-refractivity contribution in [3.05, 3.63) is 58.6 Å². The molecule has 0 fully saturated rings. The van der Waals surface area contributed by atoms with Crippen molar-refractivity contribution in [1.82, 2.24) is 0 Å². The Morgan fingerprint density at radius 3 is 2.36 bits per heavy atom. The molecule has 2 aromatic rings. The van der Waals surface area contributed by atoms with Crippen LogP contribution in [0.15, 0.2) is 42.5 Å². The molecule has 0 aliphatic heterocycles. The van der Waals surface area contributed by atoms with Gasteiger partial charge in [-0.3, -0.25) is 4.79 Å². The van der Waals surface area contributed by atoms with Crippen LogP contribution >= 0.6 is 11.6 Å². The summed E-state index contributed by atoms with van der Waals surface area (Å²) in [5.74, 6) is 0.326. The highest BCUT2D eigenvalue weighted by Gasteiger charge is 2.29. The maximum atomic E-state index is 12.6. The van der Waals surface area contributed by atoms with Gasteiger partial charge in [-0.15, -0.1) is 0 Å². The zero-order valence-electron chi connectivity index (χ0n) is 15.4. The molecule has 2 aromatic carbocycles. The normalized spacial score (nSPS) is 11.7. The van der Waals surface area contributed by atoms with Gasteiger partial charge in [0.1, 0.15) is 0 Å². The highest BCUT2D eigenvalue weighted by atomic mass is 35.5. The van der Waals surface area contributed by atoms with Crippen molar-refractivity contribution in [2.75, 3.05) is 12.4 Å². The van der Waals surface area contributed by atoms with Crippen LogP contribution in [0.4, 0.5) is 18.9 Å². The third kappa shape index (κ3) is 5.92. The number of amides is 1. The zero-order chi connectivity index (χ0) is 20.9. The van der Waals surface area contributed by atoms with Gasteiger partial charge in [0.25, 0.3) is 0 Å². The molecule has 0 saturated carbocycles. The Morgan fingerprint density at radius 1 is 1.18 bits per heavy atom. The minimum absolute atomic E-state index is 0.0951. The van der Waals surface area contributed by atoms with Gasteiger partial charge in [0.05, 0.1) is 23.8 Å². The summed E-state index contributed by atoms with van der Waals surface area (Å²) in [6.45, 7) is 3.71. The van der Waals surface area contributed by atoms with Gasteiger partial charge < -0.3 is 14.8 Å². The molecule has 8 heteroatoms. The molecule has 1 amide bonds. The minimum atomic E-state index is -4.42. The van der Waals surface area contributed by atoms with E-state index in [9.17, 15) is 18.0 Å². The smallest absolute Gasteiger partial charge is 0.416 e. The quantitative estimate of drug-likeness (QED) is 0.608. The van der Waals surface area contributed by atoms with E-state index in [-0.39, 0.29) is 11.8 Å². The van der Waals surface area contributed by atoms with E-state index in [1.54, 1.807) is 12.1 Å². The van der Waals surface area contributed by atoms with Crippen molar-refractivity contribution in [1.29, 1.82) is 0 Å². The van der Waals surface area contributed by atoms with Crippen LogP contribution in [0.5, 0.6) is 11.5 Å². The summed E-state index contributed by atoms with van der Waals surface area (Å²) in [4.78, 5) is 12.0. The second-order valence-corrected chi connectivity index (χ2v) is 6.51. The molecular formula is C20H19ClF3NO3. The number of anilines is 1. The second kappa shape index (κ2) is 9.01. The molecule has 0 radical (unpaired) electrons. The Kier molecular flexibility index (Phi) is 6.96. The van der Waals surface area contributed by atoms with Crippen molar-refractivity contribution in [3.63, 3.8) is 0 Å². The van der Waals surface area contributed by atoms with E-state index in [1.807, 2.05) is 13.8 Å². The Labute approximate surface area is 165 Å². The molecule has 1 N–H and O–H groups in total. The van der Waals surface area contributed by atoms with Gasteiger partial charge in [0, 0.05) is 11.8 Å². The molecule has 0 aromatic heterocycles. The maximum Gasteiger partial charge on any atom is 0.416 e. The van der Waals surface area contributed by atoms with Crippen molar-refractivity contribution in [2.45, 2.75) is 26.1 Å². The Hall–Kier alpha value is -2.67. The van der Waals surface area contributed by atoms with Crippen LogP contribution in [0.1, 0.15) is 25.0 Å². The summed E-state index contributed by atoms with van der Waals surface area (Å²) in [6, 6.07) is 7.45. The Morgan fingerprint density at radius 2 is 1.82 bits per heavy atom. The number of hydrogen-bond donors (Lipinski definition) is 1. The molecule has 0 unspecified atom stereocenters. The molecule has 28 heavy (non-hydrogen) atoms. The van der Waals surface area contributed by atoms with Crippen LogP contribution < -0.4 is 14.8 Å². The number of alkyl halides is 3. The van der Waals surface area contributed by atoms with E-state index < -0.39 is 17.6 Å². The first-order valence-corrected chi connectivity index (χ1v) is 8.68. The van der Waals surface area contributed by atoms with Gasteiger partial charge in [0.15, 0.2) is 11.5 Å². The first-order chi connectivity index (χ1) is 13.1. The second-order valence-electron chi connectivity index (χ2n) is 6.10. The number of nitrogens with one attached hydrogen (secondary N) is 1. The first kappa shape index (κ1) is 21.6. The van der Waals surface area contributed by atoms with E-state index >= 15 is 0 Å². The first-order valence-electron chi connectivity index (χ1n) is 8.30. The molecule has 4 nitrogen and oxygen atoms in total. The number of methoxy groups -OCH3 is 1. The number of hydrogen-bond acceptors (Lipinski definition) is 3. The van der Waals surface area contributed by atoms with Crippen LogP contribution in [-0.4, -0.2) is 19.1 Å². The van der Waals surface area contributed by atoms with E-state index in [0.29, 0.717) is 22.1 Å². The summed E-state index contributed by atoms with van der Waals surface area (Å²) >= 11 is 6.22. The zero-order valence-corrected chi connectivity index (χ0v) is 16.2. The lowest BCUT2D eigenvalue weighted by Crippen LogP contribution is -2.09. The average molecular weight is 414 g/mol. The molecule has 0 bridgehead atoms. The molecule has 0 atom stereocenters. The summed E-state index contributed by atoms with van der Waals surface area (Å²) in [6.07, 6.45) is -1.77. The third-order valence-corrected chi connectivity index (χ3v) is 3.79. The molecule has 0 saturated heterocycles. The highest BCUT2D eigenvalue weighted by molar-refractivity contribution is 6.32. The van der Waals surface area contributed by atoms with Gasteiger partial charge in [-0.2, -0.15) is 13.2 Å². The number of benzene rings is 2. The lowest BCUT2D eigenvalue weighted by molar-refractivity contribution is -0.137. The Bertz CT molecular complexity index is 862. The van der Waals surface area contributed by atoms with Crippen LogP contribution in [-0.2, 0) is 11.0 Å². The molecule has 0 aliphatic carbocycles. The van der Waals surface area contributed by atoms with Gasteiger partial charge in [-0.05, 0) is 61.9 Å². The third-order valence-electron chi connectivity index (χ3n) is 3.51. The minimum Gasteiger partial charge on any atom is -0.493 e. The topological polar surface area (TPSA) is 47.6 Å². The fourth-order valence-corrected chi connectivity index (χ4v) is 2.55. The molecule has 150 valence electrons. The summed E-state index contributed by atoms with van der Waals surface area (Å²) < 4.78 is 48.6. The van der Waals surface area contributed by atoms with Crippen molar-refractivity contribution in [2.24, 2.45) is 0 Å². The van der Waals surface area contributed by atoms with E-state index in [4.69, 9.17) is 21.1 Å². The highest BCUT2D eigenvalue weighted by Crippen LogP contribution is 2.37. The lowest BCUT2D eigenvalue weighted by Gasteiger charge is -2.15. The maximum absolute atomic E-state index is 12.6. The number of carbonyl (C=O) groups excluding carboxylic acids is 1. The number of halogens is 4. The van der Waals surface area contributed by atoms with Crippen LogP contribution in [0.25, 0.3) is 6.08 Å². The fourth-order valence-electron chi connectivity index (χ4n) is 2.28. The SMILES string of the molecule is COc1cc(/C=C/C(=O)Nc2ccc(C(F)(F)F)cc2)cc(Cl)c1OC(C)C. The van der Waals surface area contributed by atoms with Crippen molar-refractivity contribution >= 4 is 29.3 Å². The predicted octanol–water partition coefficient (Wildman–Crippen LogP) is 5.81. The van der Waals surface area contributed by atoms with Crippen molar-refractivity contribution < 1.29 is 27.4 Å². The predicted molar refractivity (Wildman–Crippen MR) is 103 cm³/mol. The summed E-state index contributed by atoms with van der Waals surface area (Å²) in [5, 5.41) is 2.82. The van der Waals surface area contributed by atoms with Crippen LogP contribution in [0.2, 0.25) is 5.02 Å². The molecule has 0 spiro atoms. The van der Waals surface area contributed by atoms with Gasteiger partial charge >= 0.3 is 6.18 Å². The molecule has 2 rings (SSSR count). The van der Waals surface area contributed by atoms with Crippen molar-refractivity contribution in [3.8, 4) is 11.5 Å². The van der Waals surface area contributed by atoms with Gasteiger partial charge in [-0.1, -0.05) is 11.6 Å². The van der Waals surface area contributed by atoms with E-state index in [0.717, 1.165) is 12.1 Å². The molecule has 0 heterocycles. The van der Waals surface area contributed by atoms with E-state index in [1.165, 1.54) is 31.4 Å². The van der Waals surface area contributed by atoms with Crippen LogP contribution in [0, 0.1) is 0 Å². The largest absolute Gasteiger partial charge is 0.493 e. The number of carbonyl (C=O) groups is 1. The fraction of sp³-hybridized carbons (Fsp3) is 0.250. The standard InChI is InChI=1S/C20H19ClF3NO3/c1-12(2)28-19-16(21)10-13(11-17(19)27-3)4-9-18(26)25-15-7-5-14(6-8-15)20(22,23)24/h4-12H,1-3H3,(H,25,26)/b9-4+. The lowest BCUT2D eigenvalue weighted by atomic mass is 10.1. The van der Waals surface area contributed by atoms with Crippen LogP contribution in [0.3, 0.4) is 0 Å². The number of ether oxygens (including phenoxy) is 2. The monoisotopic (exact) mass is 413 g/mol. The summed E-state index contributed by atoms with van der Waals surface area (Å²) in [7, 11) is 1.48. The average Bonchev–Trinajstić information content (AvgIpc) is 2.61. The van der Waals surface area contributed by atoms with E-state index in [2.05, 4.69) is 5.32 Å². The van der Waals surface area contributed by atoms with Gasteiger partial charge in [0.2, 0.25) is 5.91 Å². The molecular weight excluding hydrogens is 395 g/mol. The van der Waals surface area contributed by atoms with Gasteiger partial charge in [-0.25, -0.2) is 0 Å².